The van der Waals surface area contributed by atoms with Crippen molar-refractivity contribution in [2.24, 2.45) is 0 Å². The molecule has 2 aliphatic rings. The molecule has 4 unspecified atom stereocenters. The quantitative estimate of drug-likeness (QED) is 0.564. The standard InChI is InChI=1S/C15H27NO6/c1-14-7-12(20-3)5-11(16(14)8-13(17)21-4)6-15(18,9-14)22-10-19-2/h11-12,18H,5-10H2,1-4H3. The van der Waals surface area contributed by atoms with Crippen LogP contribution in [0.5, 0.6) is 0 Å². The van der Waals surface area contributed by atoms with E-state index in [0.29, 0.717) is 12.8 Å². The summed E-state index contributed by atoms with van der Waals surface area (Å²) in [7, 11) is 4.62. The van der Waals surface area contributed by atoms with Gasteiger partial charge >= 0.3 is 5.97 Å². The number of aliphatic hydroxyl groups is 1. The number of nitrogens with zero attached hydrogens (tertiary/aromatic N) is 1. The van der Waals surface area contributed by atoms with Crippen LogP contribution in [0.25, 0.3) is 0 Å². The van der Waals surface area contributed by atoms with Crippen LogP contribution < -0.4 is 0 Å². The summed E-state index contributed by atoms with van der Waals surface area (Å²) in [6.45, 7) is 2.30. The first-order chi connectivity index (χ1) is 10.4. The van der Waals surface area contributed by atoms with E-state index < -0.39 is 11.3 Å². The van der Waals surface area contributed by atoms with Crippen molar-refractivity contribution in [3.8, 4) is 0 Å². The molecular weight excluding hydrogens is 290 g/mol. The number of esters is 1. The van der Waals surface area contributed by atoms with Crippen LogP contribution >= 0.6 is 0 Å². The van der Waals surface area contributed by atoms with Gasteiger partial charge in [0.1, 0.15) is 6.79 Å². The van der Waals surface area contributed by atoms with E-state index in [4.69, 9.17) is 18.9 Å². The van der Waals surface area contributed by atoms with E-state index >= 15 is 0 Å². The van der Waals surface area contributed by atoms with Gasteiger partial charge in [-0.25, -0.2) is 0 Å². The van der Waals surface area contributed by atoms with Gasteiger partial charge in [0.25, 0.3) is 0 Å². The molecule has 0 aromatic rings. The van der Waals surface area contributed by atoms with Gasteiger partial charge in [-0.2, -0.15) is 0 Å². The largest absolute Gasteiger partial charge is 0.468 e. The zero-order valence-electron chi connectivity index (χ0n) is 13.8. The number of hydrogen-bond acceptors (Lipinski definition) is 7. The van der Waals surface area contributed by atoms with Gasteiger partial charge in [-0.1, -0.05) is 0 Å². The van der Waals surface area contributed by atoms with Crippen LogP contribution in [0.3, 0.4) is 0 Å². The number of piperidine rings is 2. The zero-order valence-corrected chi connectivity index (χ0v) is 13.8. The second-order valence-electron chi connectivity index (χ2n) is 6.53. The Morgan fingerprint density at radius 2 is 2.05 bits per heavy atom. The van der Waals surface area contributed by atoms with Gasteiger partial charge in [0.2, 0.25) is 0 Å². The van der Waals surface area contributed by atoms with Crippen molar-refractivity contribution < 1.29 is 28.8 Å². The monoisotopic (exact) mass is 317 g/mol. The first kappa shape index (κ1) is 17.6. The molecule has 7 heteroatoms. The predicted molar refractivity (Wildman–Crippen MR) is 78.1 cm³/mol. The van der Waals surface area contributed by atoms with Crippen LogP contribution in [0.2, 0.25) is 0 Å². The molecule has 2 aliphatic heterocycles. The van der Waals surface area contributed by atoms with Crippen molar-refractivity contribution in [2.75, 3.05) is 34.7 Å². The molecule has 0 aromatic carbocycles. The minimum atomic E-state index is -1.24. The molecule has 2 heterocycles. The maximum Gasteiger partial charge on any atom is 0.319 e. The Hall–Kier alpha value is -0.730. The van der Waals surface area contributed by atoms with Crippen molar-refractivity contribution in [2.45, 2.75) is 56.1 Å². The summed E-state index contributed by atoms with van der Waals surface area (Å²) < 4.78 is 20.8. The number of ether oxygens (including phenoxy) is 4. The SMILES string of the molecule is COCOC1(O)CC2CC(OC)CC(C)(C1)N2CC(=O)OC. The highest BCUT2D eigenvalue weighted by Crippen LogP contribution is 2.46. The normalized spacial score (nSPS) is 38.8. The predicted octanol–water partition coefficient (Wildman–Crippen LogP) is 0.500. The zero-order chi connectivity index (χ0) is 16.4. The van der Waals surface area contributed by atoms with Crippen molar-refractivity contribution in [3.05, 3.63) is 0 Å². The van der Waals surface area contributed by atoms with Gasteiger partial charge < -0.3 is 24.1 Å². The Bertz CT molecular complexity index is 405. The number of fused-ring (bicyclic) bond motifs is 2. The van der Waals surface area contributed by atoms with Crippen LogP contribution in [-0.2, 0) is 23.7 Å². The Kier molecular flexibility index (Phi) is 5.45. The van der Waals surface area contributed by atoms with Crippen LogP contribution in [0.1, 0.15) is 32.6 Å². The molecule has 4 atom stereocenters. The highest BCUT2D eigenvalue weighted by molar-refractivity contribution is 5.71. The molecule has 2 fully saturated rings. The number of hydrogen-bond donors (Lipinski definition) is 1. The van der Waals surface area contributed by atoms with E-state index in [1.54, 1.807) is 7.11 Å². The lowest BCUT2D eigenvalue weighted by Crippen LogP contribution is -2.68. The molecule has 0 amide bonds. The molecule has 0 aromatic heterocycles. The number of methoxy groups -OCH3 is 3. The fraction of sp³-hybridized carbons (Fsp3) is 0.933. The smallest absolute Gasteiger partial charge is 0.319 e. The fourth-order valence-corrected chi connectivity index (χ4v) is 3.95. The molecule has 128 valence electrons. The molecular formula is C15H27NO6. The van der Waals surface area contributed by atoms with Crippen molar-refractivity contribution >= 4 is 5.97 Å². The van der Waals surface area contributed by atoms with Crippen molar-refractivity contribution in [1.82, 2.24) is 4.90 Å². The number of rotatable bonds is 6. The number of carbonyl (C=O) groups is 1. The van der Waals surface area contributed by atoms with E-state index in [9.17, 15) is 9.90 Å². The fourth-order valence-electron chi connectivity index (χ4n) is 3.95. The molecule has 7 nitrogen and oxygen atoms in total. The first-order valence-electron chi connectivity index (χ1n) is 7.57. The molecule has 0 radical (unpaired) electrons. The molecule has 1 N–H and O–H groups in total. The van der Waals surface area contributed by atoms with Crippen LogP contribution in [0, 0.1) is 0 Å². The topological polar surface area (TPSA) is 77.5 Å². The Morgan fingerprint density at radius 3 is 2.59 bits per heavy atom. The maximum atomic E-state index is 11.7. The maximum absolute atomic E-state index is 11.7. The first-order valence-corrected chi connectivity index (χ1v) is 7.57. The summed E-state index contributed by atoms with van der Waals surface area (Å²) in [6.07, 6.45) is 2.42. The van der Waals surface area contributed by atoms with Crippen LogP contribution in [0.4, 0.5) is 0 Å². The Labute approximate surface area is 131 Å². The van der Waals surface area contributed by atoms with E-state index in [1.807, 2.05) is 6.92 Å². The summed E-state index contributed by atoms with van der Waals surface area (Å²) in [5.41, 5.74) is -0.390. The lowest BCUT2D eigenvalue weighted by Gasteiger charge is -2.58. The second-order valence-corrected chi connectivity index (χ2v) is 6.53. The van der Waals surface area contributed by atoms with Crippen molar-refractivity contribution in [1.29, 1.82) is 0 Å². The summed E-state index contributed by atoms with van der Waals surface area (Å²) in [6, 6.07) is -0.00148. The lowest BCUT2D eigenvalue weighted by atomic mass is 9.71. The van der Waals surface area contributed by atoms with E-state index in [2.05, 4.69) is 4.90 Å². The van der Waals surface area contributed by atoms with Gasteiger partial charge in [0, 0.05) is 38.6 Å². The van der Waals surface area contributed by atoms with Gasteiger partial charge in [-0.05, 0) is 19.8 Å². The number of carbonyl (C=O) groups excluding carboxylic acids is 1. The molecule has 2 bridgehead atoms. The van der Waals surface area contributed by atoms with Crippen LogP contribution in [0.15, 0.2) is 0 Å². The Balaban J connectivity index is 2.20. The van der Waals surface area contributed by atoms with Gasteiger partial charge in [-0.15, -0.1) is 0 Å². The average molecular weight is 317 g/mol. The lowest BCUT2D eigenvalue weighted by molar-refractivity contribution is -0.296. The third-order valence-corrected chi connectivity index (χ3v) is 4.85. The molecule has 0 saturated carbocycles. The van der Waals surface area contributed by atoms with Gasteiger partial charge in [-0.3, -0.25) is 9.69 Å². The van der Waals surface area contributed by atoms with Crippen molar-refractivity contribution in [3.63, 3.8) is 0 Å². The summed E-state index contributed by atoms with van der Waals surface area (Å²) >= 11 is 0. The third-order valence-electron chi connectivity index (χ3n) is 4.85. The summed E-state index contributed by atoms with van der Waals surface area (Å²) in [5, 5.41) is 10.8. The summed E-state index contributed by atoms with van der Waals surface area (Å²) in [5.74, 6) is -1.50. The molecule has 0 spiro atoms. The molecule has 22 heavy (non-hydrogen) atoms. The Morgan fingerprint density at radius 1 is 1.32 bits per heavy atom. The minimum Gasteiger partial charge on any atom is -0.468 e. The average Bonchev–Trinajstić information content (AvgIpc) is 2.46. The third kappa shape index (κ3) is 3.60. The minimum absolute atomic E-state index is 0.00148. The van der Waals surface area contributed by atoms with Gasteiger partial charge in [0.05, 0.1) is 19.8 Å². The van der Waals surface area contributed by atoms with E-state index in [-0.39, 0.29) is 31.5 Å². The molecule has 0 aliphatic carbocycles. The summed E-state index contributed by atoms with van der Waals surface area (Å²) in [4.78, 5) is 13.9. The van der Waals surface area contributed by atoms with Crippen LogP contribution in [-0.4, -0.2) is 74.1 Å². The molecule has 2 saturated heterocycles. The molecule has 2 rings (SSSR count). The highest BCUT2D eigenvalue weighted by Gasteiger charge is 2.55. The van der Waals surface area contributed by atoms with E-state index in [1.165, 1.54) is 14.2 Å². The van der Waals surface area contributed by atoms with E-state index in [0.717, 1.165) is 12.8 Å². The second kappa shape index (κ2) is 6.80. The van der Waals surface area contributed by atoms with Gasteiger partial charge in [0.15, 0.2) is 5.79 Å². The highest BCUT2D eigenvalue weighted by atomic mass is 16.7.